The number of aromatic nitrogens is 1. The minimum atomic E-state index is -0.818. The first-order valence-corrected chi connectivity index (χ1v) is 7.99. The van der Waals surface area contributed by atoms with Crippen LogP contribution in [0.25, 0.3) is 0 Å². The number of alkyl halides is 2. The van der Waals surface area contributed by atoms with Crippen LogP contribution < -0.4 is 5.32 Å². The highest BCUT2D eigenvalue weighted by molar-refractivity contribution is 6.44. The topological polar surface area (TPSA) is 59.1 Å². The smallest absolute Gasteiger partial charge is 0.228 e. The molecule has 1 saturated heterocycles. The number of nitrogens with zero attached hydrogens (tertiary/aromatic N) is 1. The highest BCUT2D eigenvalue weighted by Gasteiger charge is 2.53. The summed E-state index contributed by atoms with van der Waals surface area (Å²) in [7, 11) is 0. The SMILES string of the molecule is O=C1CC(=O)C2(CCCCC2c2ncccc2C(Cl)Cl)N1. The zero-order valence-corrected chi connectivity index (χ0v) is 13.0. The van der Waals surface area contributed by atoms with Crippen LogP contribution in [0.2, 0.25) is 0 Å². The minimum absolute atomic E-state index is 0.0329. The Hall–Kier alpha value is -1.13. The molecule has 2 aliphatic rings. The fourth-order valence-corrected chi connectivity index (χ4v) is 3.97. The lowest BCUT2D eigenvalue weighted by Crippen LogP contribution is -2.53. The second kappa shape index (κ2) is 5.58. The summed E-state index contributed by atoms with van der Waals surface area (Å²) in [5, 5.41) is 2.92. The van der Waals surface area contributed by atoms with Crippen molar-refractivity contribution < 1.29 is 9.59 Å². The second-order valence-corrected chi connectivity index (χ2v) is 6.79. The number of nitrogens with one attached hydrogen (secondary N) is 1. The lowest BCUT2D eigenvalue weighted by atomic mass is 9.69. The number of rotatable bonds is 2. The first-order valence-electron chi connectivity index (χ1n) is 7.12. The lowest BCUT2D eigenvalue weighted by Gasteiger charge is -2.40. The van der Waals surface area contributed by atoms with Crippen molar-refractivity contribution >= 4 is 34.9 Å². The third kappa shape index (κ3) is 2.44. The van der Waals surface area contributed by atoms with E-state index >= 15 is 0 Å². The fraction of sp³-hybridized carbons (Fsp3) is 0.533. The Morgan fingerprint density at radius 3 is 2.81 bits per heavy atom. The zero-order valence-electron chi connectivity index (χ0n) is 11.4. The Balaban J connectivity index is 2.07. The number of ketones is 1. The minimum Gasteiger partial charge on any atom is -0.342 e. The molecule has 21 heavy (non-hydrogen) atoms. The molecule has 0 bridgehead atoms. The molecule has 1 aliphatic carbocycles. The summed E-state index contributed by atoms with van der Waals surface area (Å²) in [6.45, 7) is 0. The normalized spacial score (nSPS) is 29.2. The van der Waals surface area contributed by atoms with E-state index in [4.69, 9.17) is 23.2 Å². The molecule has 2 unspecified atom stereocenters. The second-order valence-electron chi connectivity index (χ2n) is 5.70. The molecule has 1 aromatic rings. The van der Waals surface area contributed by atoms with Crippen LogP contribution in [0.4, 0.5) is 0 Å². The summed E-state index contributed by atoms with van der Waals surface area (Å²) >= 11 is 12.1. The summed E-state index contributed by atoms with van der Waals surface area (Å²) in [5.74, 6) is -0.381. The van der Waals surface area contributed by atoms with Crippen LogP contribution in [0.1, 0.15) is 54.1 Å². The molecule has 2 heterocycles. The van der Waals surface area contributed by atoms with Gasteiger partial charge >= 0.3 is 0 Å². The molecule has 1 aromatic heterocycles. The molecule has 1 amide bonds. The Labute approximate surface area is 133 Å². The number of hydrogen-bond acceptors (Lipinski definition) is 3. The Kier molecular flexibility index (Phi) is 3.93. The van der Waals surface area contributed by atoms with Crippen molar-refractivity contribution in [3.63, 3.8) is 0 Å². The lowest BCUT2D eigenvalue weighted by molar-refractivity contribution is -0.124. The van der Waals surface area contributed by atoms with E-state index in [1.54, 1.807) is 12.3 Å². The van der Waals surface area contributed by atoms with Gasteiger partial charge in [0.15, 0.2) is 5.78 Å². The average molecular weight is 327 g/mol. The Morgan fingerprint density at radius 2 is 2.14 bits per heavy atom. The highest BCUT2D eigenvalue weighted by atomic mass is 35.5. The molecule has 0 aromatic carbocycles. The van der Waals surface area contributed by atoms with E-state index < -0.39 is 10.4 Å². The van der Waals surface area contributed by atoms with Crippen molar-refractivity contribution in [3.8, 4) is 0 Å². The van der Waals surface area contributed by atoms with Gasteiger partial charge in [0.2, 0.25) is 5.91 Å². The third-order valence-corrected chi connectivity index (χ3v) is 5.00. The number of carbonyl (C=O) groups is 2. The van der Waals surface area contributed by atoms with Crippen LogP contribution in [0.15, 0.2) is 18.3 Å². The molecule has 1 spiro atoms. The molecule has 1 aliphatic heterocycles. The first-order chi connectivity index (χ1) is 10.0. The van der Waals surface area contributed by atoms with Gasteiger partial charge in [0.1, 0.15) is 10.4 Å². The molecular weight excluding hydrogens is 311 g/mol. The number of pyridine rings is 1. The molecule has 4 nitrogen and oxygen atoms in total. The molecule has 6 heteroatoms. The molecule has 1 N–H and O–H groups in total. The van der Waals surface area contributed by atoms with Crippen molar-refractivity contribution in [3.05, 3.63) is 29.6 Å². The summed E-state index contributed by atoms with van der Waals surface area (Å²) in [4.78, 5) is 27.9. The Bertz CT molecular complexity index is 591. The van der Waals surface area contributed by atoms with Gasteiger partial charge < -0.3 is 5.32 Å². The fourth-order valence-electron chi connectivity index (χ4n) is 3.60. The van der Waals surface area contributed by atoms with Crippen LogP contribution in [0.3, 0.4) is 0 Å². The quantitative estimate of drug-likeness (QED) is 0.671. The average Bonchev–Trinajstić information content (AvgIpc) is 2.74. The molecular formula is C15H16Cl2N2O2. The van der Waals surface area contributed by atoms with Gasteiger partial charge in [0.25, 0.3) is 0 Å². The van der Waals surface area contributed by atoms with Gasteiger partial charge in [0.05, 0.1) is 12.1 Å². The van der Waals surface area contributed by atoms with E-state index in [0.29, 0.717) is 6.42 Å². The van der Waals surface area contributed by atoms with Crippen molar-refractivity contribution in [1.82, 2.24) is 10.3 Å². The molecule has 0 radical (unpaired) electrons. The summed E-state index contributed by atoms with van der Waals surface area (Å²) in [5.41, 5.74) is 0.644. The number of Topliss-reactive ketones (excluding diaryl/α,β-unsaturated/α-hetero) is 1. The maximum atomic E-state index is 12.4. The van der Waals surface area contributed by atoms with Crippen molar-refractivity contribution in [2.24, 2.45) is 0 Å². The maximum absolute atomic E-state index is 12.4. The number of amides is 1. The standard InChI is InChI=1S/C15H16Cl2N2O2/c16-14(17)9-4-3-7-18-13(9)10-5-1-2-6-15(10)11(20)8-12(21)19-15/h3-4,7,10,14H,1-2,5-6,8H2,(H,19,21). The van der Waals surface area contributed by atoms with E-state index in [2.05, 4.69) is 10.3 Å². The molecule has 3 rings (SSSR count). The molecule has 2 fully saturated rings. The summed E-state index contributed by atoms with van der Waals surface area (Å²) in [6, 6.07) is 3.61. The van der Waals surface area contributed by atoms with E-state index in [0.717, 1.165) is 30.5 Å². The van der Waals surface area contributed by atoms with E-state index in [1.807, 2.05) is 6.07 Å². The van der Waals surface area contributed by atoms with Gasteiger partial charge in [-0.15, -0.1) is 0 Å². The van der Waals surface area contributed by atoms with Crippen LogP contribution in [0.5, 0.6) is 0 Å². The molecule has 1 saturated carbocycles. The molecule has 112 valence electrons. The van der Waals surface area contributed by atoms with Crippen LogP contribution in [0, 0.1) is 0 Å². The summed E-state index contributed by atoms with van der Waals surface area (Å²) in [6.07, 6.45) is 5.03. The van der Waals surface area contributed by atoms with Crippen molar-refractivity contribution in [2.45, 2.75) is 48.4 Å². The van der Waals surface area contributed by atoms with Gasteiger partial charge in [-0.3, -0.25) is 14.6 Å². The molecule has 2 atom stereocenters. The largest absolute Gasteiger partial charge is 0.342 e. The monoisotopic (exact) mass is 326 g/mol. The van der Waals surface area contributed by atoms with Gasteiger partial charge in [-0.1, -0.05) is 42.1 Å². The highest BCUT2D eigenvalue weighted by Crippen LogP contribution is 2.46. The van der Waals surface area contributed by atoms with E-state index in [1.165, 1.54) is 0 Å². The predicted octanol–water partition coefficient (Wildman–Crippen LogP) is 3.04. The van der Waals surface area contributed by atoms with Crippen LogP contribution >= 0.6 is 23.2 Å². The van der Waals surface area contributed by atoms with Crippen molar-refractivity contribution in [1.29, 1.82) is 0 Å². The number of carbonyl (C=O) groups excluding carboxylic acids is 2. The summed E-state index contributed by atoms with van der Waals surface area (Å²) < 4.78 is 0. The first kappa shape index (κ1) is 14.8. The van der Waals surface area contributed by atoms with Crippen LogP contribution in [-0.4, -0.2) is 22.2 Å². The van der Waals surface area contributed by atoms with Gasteiger partial charge in [0, 0.05) is 17.7 Å². The van der Waals surface area contributed by atoms with Crippen LogP contribution in [-0.2, 0) is 9.59 Å². The van der Waals surface area contributed by atoms with E-state index in [-0.39, 0.29) is 24.0 Å². The number of hydrogen-bond donors (Lipinski definition) is 1. The van der Waals surface area contributed by atoms with Crippen molar-refractivity contribution in [2.75, 3.05) is 0 Å². The third-order valence-electron chi connectivity index (χ3n) is 4.53. The number of halogens is 2. The Morgan fingerprint density at radius 1 is 1.33 bits per heavy atom. The maximum Gasteiger partial charge on any atom is 0.228 e. The van der Waals surface area contributed by atoms with E-state index in [9.17, 15) is 9.59 Å². The predicted molar refractivity (Wildman–Crippen MR) is 80.4 cm³/mol. The zero-order chi connectivity index (χ0) is 15.0. The van der Waals surface area contributed by atoms with Gasteiger partial charge in [-0.05, 0) is 18.9 Å². The van der Waals surface area contributed by atoms with Gasteiger partial charge in [-0.2, -0.15) is 0 Å². The van der Waals surface area contributed by atoms with Gasteiger partial charge in [-0.25, -0.2) is 0 Å².